The molecule has 0 spiro atoms. The molecule has 0 heterocycles. The van der Waals surface area contributed by atoms with E-state index in [2.05, 4.69) is 18.7 Å². The molecule has 106 valence electrons. The van der Waals surface area contributed by atoms with E-state index in [9.17, 15) is 0 Å². The van der Waals surface area contributed by atoms with Crippen LogP contribution in [0.15, 0.2) is 18.2 Å². The van der Waals surface area contributed by atoms with Crippen molar-refractivity contribution in [1.82, 2.24) is 4.90 Å². The molecule has 0 unspecified atom stereocenters. The molecule has 0 aliphatic carbocycles. The quantitative estimate of drug-likeness (QED) is 0.740. The maximum absolute atomic E-state index is 5.77. The number of nitrogens with two attached hydrogens (primary N) is 1. The molecule has 0 aliphatic rings. The molecule has 0 atom stereocenters. The fourth-order valence-corrected chi connectivity index (χ4v) is 1.89. The zero-order valence-electron chi connectivity index (χ0n) is 11.8. The van der Waals surface area contributed by atoms with Crippen molar-refractivity contribution in [3.05, 3.63) is 23.8 Å². The Balaban J connectivity index is 2.69. The van der Waals surface area contributed by atoms with E-state index in [0.717, 1.165) is 25.2 Å². The minimum atomic E-state index is 0.358. The molecule has 19 heavy (non-hydrogen) atoms. The summed E-state index contributed by atoms with van der Waals surface area (Å²) in [6, 6.07) is 5.48. The summed E-state index contributed by atoms with van der Waals surface area (Å²) in [6.45, 7) is 7.80. The monoisotopic (exact) mass is 282 g/mol. The predicted octanol–water partition coefficient (Wildman–Crippen LogP) is 2.05. The molecule has 0 saturated heterocycles. The number of rotatable bonds is 8. The van der Waals surface area contributed by atoms with Crippen molar-refractivity contribution in [2.24, 2.45) is 5.73 Å². The largest absolute Gasteiger partial charge is 0.493 e. The lowest BCUT2D eigenvalue weighted by Crippen LogP contribution is -2.28. The maximum atomic E-state index is 5.77. The highest BCUT2D eigenvalue weighted by molar-refractivity contribution is 7.80. The third-order valence-corrected chi connectivity index (χ3v) is 3.24. The Bertz CT molecular complexity index is 420. The van der Waals surface area contributed by atoms with Crippen molar-refractivity contribution < 1.29 is 9.47 Å². The third-order valence-electron chi connectivity index (χ3n) is 3.01. The molecule has 0 radical (unpaired) electrons. The van der Waals surface area contributed by atoms with E-state index in [0.29, 0.717) is 23.1 Å². The average Bonchev–Trinajstić information content (AvgIpc) is 2.43. The second-order valence-electron chi connectivity index (χ2n) is 4.11. The van der Waals surface area contributed by atoms with E-state index in [-0.39, 0.29) is 0 Å². The Morgan fingerprint density at radius 1 is 1.26 bits per heavy atom. The first-order valence-corrected chi connectivity index (χ1v) is 6.86. The lowest BCUT2D eigenvalue weighted by atomic mass is 10.2. The molecule has 0 aromatic heterocycles. The molecule has 1 aromatic carbocycles. The number of ether oxygens (including phenoxy) is 2. The molecular weight excluding hydrogens is 260 g/mol. The first-order valence-electron chi connectivity index (χ1n) is 6.45. The number of likely N-dealkylation sites (N-methyl/N-ethyl adjacent to an activating group) is 1. The number of hydrogen-bond acceptors (Lipinski definition) is 4. The van der Waals surface area contributed by atoms with E-state index in [1.54, 1.807) is 7.11 Å². The maximum Gasteiger partial charge on any atom is 0.161 e. The van der Waals surface area contributed by atoms with Gasteiger partial charge in [-0.3, -0.25) is 0 Å². The molecule has 2 N–H and O–H groups in total. The van der Waals surface area contributed by atoms with E-state index >= 15 is 0 Å². The van der Waals surface area contributed by atoms with Crippen LogP contribution in [0.3, 0.4) is 0 Å². The summed E-state index contributed by atoms with van der Waals surface area (Å²) in [7, 11) is 1.62. The van der Waals surface area contributed by atoms with Crippen molar-refractivity contribution in [3.63, 3.8) is 0 Å². The average molecular weight is 282 g/mol. The topological polar surface area (TPSA) is 47.7 Å². The van der Waals surface area contributed by atoms with E-state index in [1.807, 2.05) is 18.2 Å². The first kappa shape index (κ1) is 15.7. The second kappa shape index (κ2) is 7.96. The van der Waals surface area contributed by atoms with Crippen LogP contribution in [0.2, 0.25) is 0 Å². The van der Waals surface area contributed by atoms with Gasteiger partial charge in [-0.25, -0.2) is 0 Å². The van der Waals surface area contributed by atoms with Crippen molar-refractivity contribution in [1.29, 1.82) is 0 Å². The van der Waals surface area contributed by atoms with Crippen molar-refractivity contribution in [3.8, 4) is 11.5 Å². The van der Waals surface area contributed by atoms with E-state index in [1.165, 1.54) is 0 Å². The smallest absolute Gasteiger partial charge is 0.161 e. The highest BCUT2D eigenvalue weighted by Crippen LogP contribution is 2.28. The number of nitrogens with zero attached hydrogens (tertiary/aromatic N) is 1. The molecule has 4 nitrogen and oxygen atoms in total. The predicted molar refractivity (Wildman–Crippen MR) is 82.2 cm³/mol. The Kier molecular flexibility index (Phi) is 6.59. The van der Waals surface area contributed by atoms with Gasteiger partial charge in [-0.2, -0.15) is 0 Å². The lowest BCUT2D eigenvalue weighted by Gasteiger charge is -2.19. The summed E-state index contributed by atoms with van der Waals surface area (Å²) in [6.07, 6.45) is 0. The zero-order valence-corrected chi connectivity index (χ0v) is 12.6. The Labute approximate surface area is 120 Å². The van der Waals surface area contributed by atoms with Gasteiger partial charge in [0, 0.05) is 12.1 Å². The highest BCUT2D eigenvalue weighted by Gasteiger charge is 2.08. The fourth-order valence-electron chi connectivity index (χ4n) is 1.77. The van der Waals surface area contributed by atoms with Crippen LogP contribution < -0.4 is 15.2 Å². The lowest BCUT2D eigenvalue weighted by molar-refractivity contribution is 0.217. The zero-order chi connectivity index (χ0) is 14.3. The Morgan fingerprint density at radius 2 is 1.95 bits per heavy atom. The molecule has 1 rings (SSSR count). The van der Waals surface area contributed by atoms with Gasteiger partial charge in [-0.1, -0.05) is 26.1 Å². The minimum Gasteiger partial charge on any atom is -0.493 e. The number of methoxy groups -OCH3 is 1. The van der Waals surface area contributed by atoms with Crippen LogP contribution in [-0.4, -0.2) is 43.2 Å². The number of benzene rings is 1. The SMILES string of the molecule is CCN(CC)CCOc1cc(C(N)=S)ccc1OC. The fraction of sp³-hybridized carbons (Fsp3) is 0.500. The van der Waals surface area contributed by atoms with Crippen molar-refractivity contribution >= 4 is 17.2 Å². The van der Waals surface area contributed by atoms with Gasteiger partial charge in [-0.05, 0) is 31.3 Å². The van der Waals surface area contributed by atoms with Gasteiger partial charge in [0.05, 0.1) is 7.11 Å². The van der Waals surface area contributed by atoms with Crippen LogP contribution >= 0.6 is 12.2 Å². The van der Waals surface area contributed by atoms with Crippen LogP contribution in [0.1, 0.15) is 19.4 Å². The van der Waals surface area contributed by atoms with Gasteiger partial charge in [0.2, 0.25) is 0 Å². The summed E-state index contributed by atoms with van der Waals surface area (Å²) >= 11 is 4.97. The van der Waals surface area contributed by atoms with Crippen molar-refractivity contribution in [2.45, 2.75) is 13.8 Å². The summed E-state index contributed by atoms with van der Waals surface area (Å²) in [5.41, 5.74) is 6.41. The normalized spacial score (nSPS) is 10.5. The van der Waals surface area contributed by atoms with Gasteiger partial charge in [0.15, 0.2) is 11.5 Å². The summed E-state index contributed by atoms with van der Waals surface area (Å²) in [5, 5.41) is 0. The van der Waals surface area contributed by atoms with Gasteiger partial charge in [0.25, 0.3) is 0 Å². The summed E-state index contributed by atoms with van der Waals surface area (Å²) in [4.78, 5) is 2.65. The van der Waals surface area contributed by atoms with Crippen LogP contribution in [0.4, 0.5) is 0 Å². The summed E-state index contributed by atoms with van der Waals surface area (Å²) in [5.74, 6) is 1.37. The Hall–Kier alpha value is -1.33. The van der Waals surface area contributed by atoms with Gasteiger partial charge >= 0.3 is 0 Å². The number of thiocarbonyl (C=S) groups is 1. The van der Waals surface area contributed by atoms with Crippen LogP contribution in [0.25, 0.3) is 0 Å². The minimum absolute atomic E-state index is 0.358. The van der Waals surface area contributed by atoms with Gasteiger partial charge in [0.1, 0.15) is 11.6 Å². The first-order chi connectivity index (χ1) is 9.12. The Morgan fingerprint density at radius 3 is 2.47 bits per heavy atom. The third kappa shape index (κ3) is 4.69. The standard InChI is InChI=1S/C14H22N2O2S/c1-4-16(5-2)8-9-18-13-10-11(14(15)19)6-7-12(13)17-3/h6-7,10H,4-5,8-9H2,1-3H3,(H2,15,19). The van der Waals surface area contributed by atoms with Crippen LogP contribution in [0, 0.1) is 0 Å². The van der Waals surface area contributed by atoms with E-state index in [4.69, 9.17) is 27.4 Å². The summed E-state index contributed by atoms with van der Waals surface area (Å²) < 4.78 is 11.0. The van der Waals surface area contributed by atoms with Crippen molar-refractivity contribution in [2.75, 3.05) is 33.4 Å². The van der Waals surface area contributed by atoms with E-state index < -0.39 is 0 Å². The molecule has 1 aromatic rings. The van der Waals surface area contributed by atoms with Gasteiger partial charge < -0.3 is 20.1 Å². The molecule has 5 heteroatoms. The van der Waals surface area contributed by atoms with Crippen LogP contribution in [0.5, 0.6) is 11.5 Å². The molecule has 0 aliphatic heterocycles. The van der Waals surface area contributed by atoms with Crippen LogP contribution in [-0.2, 0) is 0 Å². The highest BCUT2D eigenvalue weighted by atomic mass is 32.1. The number of hydrogen-bond donors (Lipinski definition) is 1. The second-order valence-corrected chi connectivity index (χ2v) is 4.55. The van der Waals surface area contributed by atoms with Gasteiger partial charge in [-0.15, -0.1) is 0 Å². The molecule has 0 amide bonds. The molecular formula is C14H22N2O2S. The molecule has 0 bridgehead atoms. The molecule has 0 fully saturated rings. The molecule has 0 saturated carbocycles.